The smallest absolute Gasteiger partial charge is 0.269 e. The molecule has 1 fully saturated rings. The number of carbonyl (C=O) groups excluding carboxylic acids is 1. The number of carbonyl (C=O) groups is 1. The molecule has 0 bridgehead atoms. The second kappa shape index (κ2) is 4.30. The highest BCUT2D eigenvalue weighted by molar-refractivity contribution is 5.80. The Kier molecular flexibility index (Phi) is 2.85. The summed E-state index contributed by atoms with van der Waals surface area (Å²) in [5, 5.41) is 13.2. The van der Waals surface area contributed by atoms with Gasteiger partial charge in [0, 0.05) is 24.6 Å². The molecule has 0 spiro atoms. The third kappa shape index (κ3) is 2.56. The quantitative estimate of drug-likeness (QED) is 0.619. The van der Waals surface area contributed by atoms with Crippen LogP contribution in [0.5, 0.6) is 0 Å². The Morgan fingerprint density at radius 2 is 2.00 bits per heavy atom. The number of benzene rings is 1. The van der Waals surface area contributed by atoms with E-state index in [1.54, 1.807) is 12.1 Å². The summed E-state index contributed by atoms with van der Waals surface area (Å²) < 4.78 is 0. The van der Waals surface area contributed by atoms with E-state index in [-0.39, 0.29) is 17.5 Å². The van der Waals surface area contributed by atoms with Crippen LogP contribution < -0.4 is 5.32 Å². The van der Waals surface area contributed by atoms with Crippen molar-refractivity contribution in [2.45, 2.75) is 19.4 Å². The molecule has 1 saturated carbocycles. The first-order chi connectivity index (χ1) is 7.66. The van der Waals surface area contributed by atoms with Crippen LogP contribution in [0.15, 0.2) is 24.3 Å². The molecule has 0 radical (unpaired) electrons. The minimum atomic E-state index is -0.438. The summed E-state index contributed by atoms with van der Waals surface area (Å²) in [5.41, 5.74) is 0.942. The van der Waals surface area contributed by atoms with E-state index in [4.69, 9.17) is 0 Å². The maximum absolute atomic E-state index is 11.3. The maximum atomic E-state index is 11.3. The van der Waals surface area contributed by atoms with Crippen LogP contribution in [0.4, 0.5) is 5.69 Å². The fourth-order valence-corrected chi connectivity index (χ4v) is 1.41. The highest BCUT2D eigenvalue weighted by Gasteiger charge is 2.29. The zero-order valence-corrected chi connectivity index (χ0v) is 8.68. The normalized spacial score (nSPS) is 14.5. The monoisotopic (exact) mass is 220 g/mol. The molecule has 0 aliphatic heterocycles. The molecule has 1 aliphatic carbocycles. The minimum absolute atomic E-state index is 0.0669. The molecule has 1 aromatic rings. The molecule has 1 aromatic carbocycles. The van der Waals surface area contributed by atoms with E-state index in [1.807, 2.05) is 0 Å². The summed E-state index contributed by atoms with van der Waals surface area (Å²) in [6.07, 6.45) is 1.96. The Morgan fingerprint density at radius 1 is 1.38 bits per heavy atom. The van der Waals surface area contributed by atoms with Gasteiger partial charge in [-0.3, -0.25) is 14.9 Å². The zero-order valence-electron chi connectivity index (χ0n) is 8.68. The lowest BCUT2D eigenvalue weighted by Crippen LogP contribution is -2.24. The Hall–Kier alpha value is -1.91. The number of hydrogen-bond donors (Lipinski definition) is 1. The second-order valence-corrected chi connectivity index (χ2v) is 3.92. The largest absolute Gasteiger partial charge is 0.352 e. The molecule has 5 heteroatoms. The van der Waals surface area contributed by atoms with Crippen LogP contribution in [0.3, 0.4) is 0 Å². The number of amides is 1. The van der Waals surface area contributed by atoms with Gasteiger partial charge in [-0.2, -0.15) is 0 Å². The van der Waals surface area contributed by atoms with Crippen molar-refractivity contribution in [2.24, 2.45) is 5.92 Å². The van der Waals surface area contributed by atoms with Crippen LogP contribution in [0.2, 0.25) is 0 Å². The minimum Gasteiger partial charge on any atom is -0.352 e. The van der Waals surface area contributed by atoms with Crippen LogP contribution in [0, 0.1) is 16.0 Å². The van der Waals surface area contributed by atoms with E-state index in [0.29, 0.717) is 6.54 Å². The topological polar surface area (TPSA) is 72.2 Å². The molecule has 1 aliphatic rings. The van der Waals surface area contributed by atoms with Crippen molar-refractivity contribution in [1.29, 1.82) is 0 Å². The first-order valence-corrected chi connectivity index (χ1v) is 5.18. The highest BCUT2D eigenvalue weighted by atomic mass is 16.6. The fraction of sp³-hybridized carbons (Fsp3) is 0.364. The van der Waals surface area contributed by atoms with Gasteiger partial charge in [0.1, 0.15) is 0 Å². The van der Waals surface area contributed by atoms with Crippen LogP contribution >= 0.6 is 0 Å². The van der Waals surface area contributed by atoms with Crippen molar-refractivity contribution in [3.05, 3.63) is 39.9 Å². The number of nitrogens with one attached hydrogen (secondary N) is 1. The highest BCUT2D eigenvalue weighted by Crippen LogP contribution is 2.28. The molecule has 0 unspecified atom stereocenters. The van der Waals surface area contributed by atoms with E-state index in [9.17, 15) is 14.9 Å². The van der Waals surface area contributed by atoms with Gasteiger partial charge in [0.2, 0.25) is 5.91 Å². The summed E-state index contributed by atoms with van der Waals surface area (Å²) in [5.74, 6) is 0.274. The number of hydrogen-bond acceptors (Lipinski definition) is 3. The van der Waals surface area contributed by atoms with E-state index in [0.717, 1.165) is 18.4 Å². The van der Waals surface area contributed by atoms with Crippen molar-refractivity contribution in [3.63, 3.8) is 0 Å². The van der Waals surface area contributed by atoms with Gasteiger partial charge >= 0.3 is 0 Å². The maximum Gasteiger partial charge on any atom is 0.269 e. The first kappa shape index (κ1) is 10.6. The molecule has 0 atom stereocenters. The Labute approximate surface area is 92.6 Å². The Balaban J connectivity index is 1.89. The lowest BCUT2D eigenvalue weighted by atomic mass is 10.2. The lowest BCUT2D eigenvalue weighted by Gasteiger charge is -2.03. The molecule has 2 rings (SSSR count). The third-order valence-electron chi connectivity index (χ3n) is 2.56. The van der Waals surface area contributed by atoms with Crippen molar-refractivity contribution in [1.82, 2.24) is 5.32 Å². The van der Waals surface area contributed by atoms with Gasteiger partial charge in [-0.1, -0.05) is 12.1 Å². The number of nitro groups is 1. The molecule has 0 saturated heterocycles. The summed E-state index contributed by atoms with van der Waals surface area (Å²) in [6.45, 7) is 0.438. The van der Waals surface area contributed by atoms with E-state index in [2.05, 4.69) is 5.32 Å². The van der Waals surface area contributed by atoms with Gasteiger partial charge in [0.25, 0.3) is 5.69 Å². The standard InChI is InChI=1S/C11H12N2O3/c14-11(9-3-4-9)12-7-8-1-5-10(6-2-8)13(15)16/h1-2,5-6,9H,3-4,7H2,(H,12,14). The summed E-state index contributed by atoms with van der Waals surface area (Å²) >= 11 is 0. The average Bonchev–Trinajstić information content (AvgIpc) is 3.10. The molecular formula is C11H12N2O3. The predicted molar refractivity (Wildman–Crippen MR) is 57.7 cm³/mol. The molecule has 0 aromatic heterocycles. The summed E-state index contributed by atoms with van der Waals surface area (Å²) in [4.78, 5) is 21.3. The van der Waals surface area contributed by atoms with Gasteiger partial charge in [0.15, 0.2) is 0 Å². The van der Waals surface area contributed by atoms with E-state index >= 15 is 0 Å². The number of non-ortho nitro benzene ring substituents is 1. The van der Waals surface area contributed by atoms with Crippen LogP contribution in [0.25, 0.3) is 0 Å². The van der Waals surface area contributed by atoms with E-state index < -0.39 is 4.92 Å². The fourth-order valence-electron chi connectivity index (χ4n) is 1.41. The van der Waals surface area contributed by atoms with Gasteiger partial charge in [-0.15, -0.1) is 0 Å². The molecule has 0 heterocycles. The van der Waals surface area contributed by atoms with Gasteiger partial charge in [-0.05, 0) is 18.4 Å². The Morgan fingerprint density at radius 3 is 2.50 bits per heavy atom. The summed E-state index contributed by atoms with van der Waals surface area (Å²) in [6, 6.07) is 6.20. The predicted octanol–water partition coefficient (Wildman–Crippen LogP) is 1.62. The molecular weight excluding hydrogens is 208 g/mol. The Bertz CT molecular complexity index is 410. The van der Waals surface area contributed by atoms with E-state index in [1.165, 1.54) is 12.1 Å². The SMILES string of the molecule is O=C(NCc1ccc([N+](=O)[O-])cc1)C1CC1. The van der Waals surface area contributed by atoms with Crippen molar-refractivity contribution < 1.29 is 9.72 Å². The number of nitro benzene ring substituents is 1. The third-order valence-corrected chi connectivity index (χ3v) is 2.56. The van der Waals surface area contributed by atoms with Crippen molar-refractivity contribution in [2.75, 3.05) is 0 Å². The molecule has 84 valence electrons. The van der Waals surface area contributed by atoms with Gasteiger partial charge in [0.05, 0.1) is 4.92 Å². The summed E-state index contributed by atoms with van der Waals surface area (Å²) in [7, 11) is 0. The van der Waals surface area contributed by atoms with Gasteiger partial charge < -0.3 is 5.32 Å². The zero-order chi connectivity index (χ0) is 11.5. The van der Waals surface area contributed by atoms with Crippen LogP contribution in [-0.4, -0.2) is 10.8 Å². The molecule has 1 amide bonds. The average molecular weight is 220 g/mol. The van der Waals surface area contributed by atoms with Gasteiger partial charge in [-0.25, -0.2) is 0 Å². The number of rotatable bonds is 4. The first-order valence-electron chi connectivity index (χ1n) is 5.18. The molecule has 5 nitrogen and oxygen atoms in total. The number of nitrogens with zero attached hydrogens (tertiary/aromatic N) is 1. The van der Waals surface area contributed by atoms with Crippen LogP contribution in [-0.2, 0) is 11.3 Å². The van der Waals surface area contributed by atoms with Crippen molar-refractivity contribution in [3.8, 4) is 0 Å². The second-order valence-electron chi connectivity index (χ2n) is 3.92. The van der Waals surface area contributed by atoms with Crippen molar-refractivity contribution >= 4 is 11.6 Å². The molecule has 1 N–H and O–H groups in total. The molecule has 16 heavy (non-hydrogen) atoms. The van der Waals surface area contributed by atoms with Crippen LogP contribution in [0.1, 0.15) is 18.4 Å². The lowest BCUT2D eigenvalue weighted by molar-refractivity contribution is -0.384.